The Bertz CT molecular complexity index is 1460. The summed E-state index contributed by atoms with van der Waals surface area (Å²) >= 11 is 0.681. The van der Waals surface area contributed by atoms with Crippen LogP contribution in [0.15, 0.2) is 43.8 Å². The molecule has 2 heterocycles. The fourth-order valence-corrected chi connectivity index (χ4v) is 4.77. The Kier molecular flexibility index (Phi) is 16.3. The van der Waals surface area contributed by atoms with Gasteiger partial charge in [0.05, 0.1) is 10.1 Å². The summed E-state index contributed by atoms with van der Waals surface area (Å²) in [6.07, 6.45) is 2.46. The number of hydrogen-bond acceptors (Lipinski definition) is 11. The van der Waals surface area contributed by atoms with E-state index in [9.17, 15) is 22.6 Å². The molecule has 37 heavy (non-hydrogen) atoms. The molecule has 1 N–H and O–H groups in total. The first-order valence-corrected chi connectivity index (χ1v) is 13.4. The number of anilines is 1. The topological polar surface area (TPSA) is 179 Å². The van der Waals surface area contributed by atoms with Gasteiger partial charge in [0.15, 0.2) is 0 Å². The van der Waals surface area contributed by atoms with Gasteiger partial charge in [0.2, 0.25) is 0 Å². The molecule has 0 aliphatic rings. The quantitative estimate of drug-likeness (QED) is 0.0823. The standard InChI is InChI=1S/C21H22NO7S2.2Na.O3S/c1-2-22(11-5-3-4-6-19(23)24)15-8-7-14-12-16(21(25)29-17(14)13-15)18-9-10-20(30-18)31(26,27)28;;;1-4(2)3/h7-8,10,12-13H,2-6,11H2,1H3,(H,23,24)(H,26,27,28);;;/q-1;2*+1;/p-1. The van der Waals surface area contributed by atoms with Gasteiger partial charge in [-0.15, -0.1) is 18.7 Å². The molecule has 0 saturated heterocycles. The van der Waals surface area contributed by atoms with Gasteiger partial charge in [0.1, 0.15) is 5.58 Å². The first-order valence-electron chi connectivity index (χ1n) is 10.2. The molecule has 2 aromatic heterocycles. The van der Waals surface area contributed by atoms with Crippen molar-refractivity contribution in [1.29, 1.82) is 0 Å². The Morgan fingerprint density at radius 3 is 2.35 bits per heavy atom. The summed E-state index contributed by atoms with van der Waals surface area (Å²) in [7, 11) is -7.72. The summed E-state index contributed by atoms with van der Waals surface area (Å²) in [4.78, 5) is 25.4. The summed E-state index contributed by atoms with van der Waals surface area (Å²) in [5, 5.41) is 9.37. The Hall–Kier alpha value is -1.07. The van der Waals surface area contributed by atoms with Crippen molar-refractivity contribution in [3.63, 3.8) is 0 Å². The minimum Gasteiger partial charge on any atom is -0.753 e. The van der Waals surface area contributed by atoms with Crippen LogP contribution >= 0.6 is 11.3 Å². The molecule has 11 nitrogen and oxygen atoms in total. The number of carbonyl (C=O) groups is 1. The summed E-state index contributed by atoms with van der Waals surface area (Å²) in [6, 6.07) is 10.8. The van der Waals surface area contributed by atoms with E-state index in [-0.39, 0.29) is 76.0 Å². The Morgan fingerprint density at radius 2 is 1.81 bits per heavy atom. The maximum atomic E-state index is 12.5. The van der Waals surface area contributed by atoms with Crippen LogP contribution in [0.1, 0.15) is 32.6 Å². The molecule has 0 amide bonds. The van der Waals surface area contributed by atoms with Crippen LogP contribution in [0.4, 0.5) is 5.69 Å². The number of aliphatic carboxylic acids is 1. The first-order chi connectivity index (χ1) is 16.4. The summed E-state index contributed by atoms with van der Waals surface area (Å²) in [5.41, 5.74) is 0.774. The molecule has 16 heteroatoms. The molecule has 1 aromatic carbocycles. The van der Waals surface area contributed by atoms with Crippen molar-refractivity contribution in [2.24, 2.45) is 0 Å². The zero-order valence-electron chi connectivity index (χ0n) is 20.4. The molecule has 3 rings (SSSR count). The Morgan fingerprint density at radius 1 is 1.16 bits per heavy atom. The monoisotopic (exact) mass is 589 g/mol. The number of nitrogens with zero attached hydrogens (tertiary/aromatic N) is 1. The zero-order chi connectivity index (χ0) is 26.2. The van der Waals surface area contributed by atoms with E-state index in [1.54, 1.807) is 12.1 Å². The van der Waals surface area contributed by atoms with Crippen LogP contribution in [0.5, 0.6) is 0 Å². The van der Waals surface area contributed by atoms with Gasteiger partial charge in [-0.05, 0) is 31.4 Å². The molecule has 0 aliphatic heterocycles. The second-order valence-electron chi connectivity index (χ2n) is 7.15. The maximum absolute atomic E-state index is 12.5. The van der Waals surface area contributed by atoms with Gasteiger partial charge < -0.3 is 19.0 Å². The van der Waals surface area contributed by atoms with Crippen molar-refractivity contribution in [1.82, 2.24) is 0 Å². The molecule has 0 saturated carbocycles. The van der Waals surface area contributed by atoms with Gasteiger partial charge in [-0.1, -0.05) is 23.4 Å². The number of carboxylic acids is 1. The first kappa shape index (κ1) is 35.9. The van der Waals surface area contributed by atoms with E-state index in [1.807, 2.05) is 19.1 Å². The molecule has 0 fully saturated rings. The predicted molar refractivity (Wildman–Crippen MR) is 126 cm³/mol. The van der Waals surface area contributed by atoms with E-state index >= 15 is 0 Å². The summed E-state index contributed by atoms with van der Waals surface area (Å²) in [6.45, 7) is 3.50. The predicted octanol–water partition coefficient (Wildman–Crippen LogP) is -3.30. The van der Waals surface area contributed by atoms with Crippen molar-refractivity contribution >= 4 is 54.7 Å². The van der Waals surface area contributed by atoms with Gasteiger partial charge in [-0.25, -0.2) is 19.8 Å². The summed E-state index contributed by atoms with van der Waals surface area (Å²) < 4.78 is 63.8. The number of rotatable bonds is 10. The molecule has 190 valence electrons. The number of unbranched alkanes of at least 4 members (excludes halogenated alkanes) is 2. The van der Waals surface area contributed by atoms with Crippen LogP contribution in [0.2, 0.25) is 0 Å². The van der Waals surface area contributed by atoms with Crippen LogP contribution in [0, 0.1) is 6.07 Å². The molecule has 0 unspecified atom stereocenters. The van der Waals surface area contributed by atoms with Gasteiger partial charge >= 0.3 is 75.7 Å². The molecular weight excluding hydrogens is 568 g/mol. The van der Waals surface area contributed by atoms with Gasteiger partial charge in [0.25, 0.3) is 5.63 Å². The second-order valence-corrected chi connectivity index (χ2v) is 10.2. The van der Waals surface area contributed by atoms with Crippen molar-refractivity contribution in [2.45, 2.75) is 36.8 Å². The van der Waals surface area contributed by atoms with E-state index < -0.39 is 36.5 Å². The summed E-state index contributed by atoms with van der Waals surface area (Å²) in [5.74, 6) is -0.790. The van der Waals surface area contributed by atoms with E-state index in [0.29, 0.717) is 28.7 Å². The van der Waals surface area contributed by atoms with Gasteiger partial charge in [-0.3, -0.25) is 9.59 Å². The average molecular weight is 590 g/mol. The van der Waals surface area contributed by atoms with E-state index in [0.717, 1.165) is 37.7 Å². The molecular formula is C21H21NNa2O10S3. The van der Waals surface area contributed by atoms with Crippen LogP contribution in [0.25, 0.3) is 21.4 Å². The zero-order valence-corrected chi connectivity index (χ0v) is 26.9. The van der Waals surface area contributed by atoms with Crippen LogP contribution in [-0.4, -0.2) is 49.8 Å². The Labute approximate surface area is 263 Å². The fraction of sp³-hybridized carbons (Fsp3) is 0.333. The minimum atomic E-state index is -4.61. The number of carboxylic acid groups (broad SMARTS) is 1. The van der Waals surface area contributed by atoms with Crippen LogP contribution in [-0.2, 0) is 25.5 Å². The van der Waals surface area contributed by atoms with Crippen LogP contribution < -0.4 is 69.6 Å². The fourth-order valence-electron chi connectivity index (χ4n) is 3.22. The third kappa shape index (κ3) is 11.7. The molecule has 0 bridgehead atoms. The number of thiophene rings is 1. The largest absolute Gasteiger partial charge is 1.00 e. The third-order valence-corrected chi connectivity index (χ3v) is 7.13. The molecule has 0 spiro atoms. The maximum Gasteiger partial charge on any atom is 1.00 e. The normalized spacial score (nSPS) is 10.4. The van der Waals surface area contributed by atoms with Crippen molar-refractivity contribution in [2.75, 3.05) is 18.0 Å². The minimum absolute atomic E-state index is 0. The SMILES string of the molecule is CCN(CCCCCC(=O)O)c1ccc2cc(-c3[c-]cc(S(=O)(=O)[O-])s3)c(=O)oc2c1.O=S(=O)=O.[Na+].[Na+]. The van der Waals surface area contributed by atoms with E-state index in [1.165, 1.54) is 0 Å². The molecule has 0 aliphatic carbocycles. The van der Waals surface area contributed by atoms with Crippen LogP contribution in [0.3, 0.4) is 0 Å². The molecule has 0 radical (unpaired) electrons. The van der Waals surface area contributed by atoms with Crippen molar-refractivity contribution in [3.05, 3.63) is 46.8 Å². The molecule has 3 aromatic rings. The van der Waals surface area contributed by atoms with E-state index in [4.69, 9.17) is 22.2 Å². The Balaban J connectivity index is 0.00000201. The molecule has 0 atom stereocenters. The number of hydrogen-bond donors (Lipinski definition) is 1. The number of benzene rings is 1. The average Bonchev–Trinajstić information content (AvgIpc) is 3.25. The second kappa shape index (κ2) is 16.8. The van der Waals surface area contributed by atoms with Gasteiger partial charge in [-0.2, -0.15) is 6.07 Å². The smallest absolute Gasteiger partial charge is 0.753 e. The van der Waals surface area contributed by atoms with Gasteiger partial charge in [0, 0.05) is 40.9 Å². The number of fused-ring (bicyclic) bond motifs is 1. The van der Waals surface area contributed by atoms with E-state index in [2.05, 4.69) is 11.0 Å². The van der Waals surface area contributed by atoms with Crippen molar-refractivity contribution in [3.8, 4) is 10.4 Å². The van der Waals surface area contributed by atoms with Crippen molar-refractivity contribution < 1.29 is 99.0 Å². The third-order valence-electron chi connectivity index (χ3n) is 4.80.